The summed E-state index contributed by atoms with van der Waals surface area (Å²) in [6, 6.07) is 0.233. The zero-order valence-electron chi connectivity index (χ0n) is 11.1. The van der Waals surface area contributed by atoms with E-state index in [1.807, 2.05) is 4.90 Å². The monoisotopic (exact) mass is 266 g/mol. The van der Waals surface area contributed by atoms with Crippen molar-refractivity contribution in [3.63, 3.8) is 0 Å². The van der Waals surface area contributed by atoms with E-state index in [-0.39, 0.29) is 24.2 Å². The summed E-state index contributed by atoms with van der Waals surface area (Å²) < 4.78 is 1.16. The highest BCUT2D eigenvalue weighted by Gasteiger charge is 2.32. The Morgan fingerprint density at radius 1 is 1.53 bits per heavy atom. The second-order valence-electron chi connectivity index (χ2n) is 5.15. The molecule has 1 atom stereocenters. The summed E-state index contributed by atoms with van der Waals surface area (Å²) in [5.74, 6) is -0.765. The first-order chi connectivity index (χ1) is 8.99. The summed E-state index contributed by atoms with van der Waals surface area (Å²) in [6.07, 6.45) is 3.40. The number of carbonyl (C=O) groups excluding carboxylic acids is 1. The summed E-state index contributed by atoms with van der Waals surface area (Å²) in [7, 11) is 0. The highest BCUT2D eigenvalue weighted by atomic mass is 16.4. The molecule has 1 aliphatic rings. The van der Waals surface area contributed by atoms with Gasteiger partial charge in [0.2, 0.25) is 0 Å². The van der Waals surface area contributed by atoms with Crippen molar-refractivity contribution in [2.45, 2.75) is 39.3 Å². The van der Waals surface area contributed by atoms with Crippen molar-refractivity contribution in [2.24, 2.45) is 5.92 Å². The fourth-order valence-electron chi connectivity index (χ4n) is 2.50. The van der Waals surface area contributed by atoms with Crippen LogP contribution in [0.25, 0.3) is 0 Å². The molecule has 7 nitrogen and oxygen atoms in total. The lowest BCUT2D eigenvalue weighted by Gasteiger charge is -2.26. The fourth-order valence-corrected chi connectivity index (χ4v) is 2.50. The Labute approximate surface area is 111 Å². The van der Waals surface area contributed by atoms with Gasteiger partial charge in [-0.15, -0.1) is 5.10 Å². The topological polar surface area (TPSA) is 88.3 Å². The Bertz CT molecular complexity index is 483. The molecule has 1 saturated heterocycles. The average Bonchev–Trinajstić information content (AvgIpc) is 2.94. The van der Waals surface area contributed by atoms with Gasteiger partial charge in [-0.3, -0.25) is 9.59 Å². The second kappa shape index (κ2) is 5.38. The lowest BCUT2D eigenvalue weighted by atomic mass is 10.0. The van der Waals surface area contributed by atoms with E-state index in [1.165, 1.54) is 6.20 Å². The molecule has 7 heteroatoms. The van der Waals surface area contributed by atoms with Gasteiger partial charge in [0.05, 0.1) is 6.20 Å². The van der Waals surface area contributed by atoms with E-state index in [2.05, 4.69) is 24.2 Å². The first-order valence-electron chi connectivity index (χ1n) is 6.42. The van der Waals surface area contributed by atoms with Crippen LogP contribution < -0.4 is 0 Å². The van der Waals surface area contributed by atoms with Gasteiger partial charge < -0.3 is 10.0 Å². The molecule has 1 aliphatic heterocycles. The number of carboxylic acids is 1. The minimum atomic E-state index is -1.01. The number of rotatable bonds is 4. The van der Waals surface area contributed by atoms with Crippen LogP contribution in [0.3, 0.4) is 0 Å². The van der Waals surface area contributed by atoms with E-state index in [1.54, 1.807) is 0 Å². The maximum atomic E-state index is 12.3. The third-order valence-electron chi connectivity index (χ3n) is 3.38. The number of likely N-dealkylation sites (tertiary alicyclic amines) is 1. The molecule has 1 amide bonds. The Kier molecular flexibility index (Phi) is 3.82. The Morgan fingerprint density at radius 2 is 2.26 bits per heavy atom. The molecular formula is C12H18N4O3. The van der Waals surface area contributed by atoms with Crippen LogP contribution in [0.2, 0.25) is 0 Å². The molecule has 1 aromatic heterocycles. The molecule has 1 aromatic rings. The Hall–Kier alpha value is -1.92. The zero-order chi connectivity index (χ0) is 14.0. The van der Waals surface area contributed by atoms with E-state index in [0.717, 1.165) is 24.1 Å². The van der Waals surface area contributed by atoms with Gasteiger partial charge in [-0.2, -0.15) is 0 Å². The van der Waals surface area contributed by atoms with Crippen molar-refractivity contribution in [1.29, 1.82) is 0 Å². The summed E-state index contributed by atoms with van der Waals surface area (Å²) >= 11 is 0. The molecule has 0 aliphatic carbocycles. The highest BCUT2D eigenvalue weighted by molar-refractivity contribution is 5.92. The first kappa shape index (κ1) is 13.5. The molecule has 0 spiro atoms. The number of aliphatic carboxylic acids is 1. The minimum absolute atomic E-state index is 0.159. The molecule has 0 bridgehead atoms. The number of aromatic nitrogens is 3. The van der Waals surface area contributed by atoms with Crippen LogP contribution in [0.4, 0.5) is 0 Å². The third kappa shape index (κ3) is 2.91. The predicted octanol–water partition coefficient (Wildman–Crippen LogP) is 0.623. The van der Waals surface area contributed by atoms with Gasteiger partial charge in [0, 0.05) is 12.6 Å². The molecule has 0 saturated carbocycles. The van der Waals surface area contributed by atoms with Crippen molar-refractivity contribution < 1.29 is 14.7 Å². The van der Waals surface area contributed by atoms with Crippen LogP contribution in [-0.2, 0) is 11.3 Å². The number of nitrogens with zero attached hydrogens (tertiary/aromatic N) is 4. The second-order valence-corrected chi connectivity index (χ2v) is 5.15. The fraction of sp³-hybridized carbons (Fsp3) is 0.667. The molecule has 0 radical (unpaired) electrons. The number of amides is 1. The maximum Gasteiger partial charge on any atom is 0.325 e. The quantitative estimate of drug-likeness (QED) is 0.863. The van der Waals surface area contributed by atoms with Crippen molar-refractivity contribution in [2.75, 3.05) is 6.54 Å². The van der Waals surface area contributed by atoms with Gasteiger partial charge in [-0.1, -0.05) is 19.1 Å². The zero-order valence-corrected chi connectivity index (χ0v) is 11.1. The van der Waals surface area contributed by atoms with Gasteiger partial charge in [-0.05, 0) is 18.8 Å². The molecule has 0 aromatic carbocycles. The van der Waals surface area contributed by atoms with E-state index in [9.17, 15) is 9.59 Å². The summed E-state index contributed by atoms with van der Waals surface area (Å²) in [4.78, 5) is 24.7. The normalized spacial score (nSPS) is 19.1. The van der Waals surface area contributed by atoms with E-state index >= 15 is 0 Å². The molecule has 2 rings (SSSR count). The molecule has 1 N–H and O–H groups in total. The van der Waals surface area contributed by atoms with Gasteiger partial charge in [0.15, 0.2) is 5.69 Å². The lowest BCUT2D eigenvalue weighted by molar-refractivity contribution is -0.137. The van der Waals surface area contributed by atoms with Crippen LogP contribution >= 0.6 is 0 Å². The van der Waals surface area contributed by atoms with Crippen LogP contribution in [-0.4, -0.2) is 49.5 Å². The number of carboxylic acid groups (broad SMARTS) is 1. The summed E-state index contributed by atoms with van der Waals surface area (Å²) in [5.41, 5.74) is 0.216. The van der Waals surface area contributed by atoms with Crippen LogP contribution in [0.5, 0.6) is 0 Å². The lowest BCUT2D eigenvalue weighted by Crippen LogP contribution is -2.38. The SMILES string of the molecule is CC(C)C1CCCN1C(=O)c1cn(CC(=O)O)nn1. The Morgan fingerprint density at radius 3 is 2.89 bits per heavy atom. The maximum absolute atomic E-state index is 12.3. The van der Waals surface area contributed by atoms with Crippen LogP contribution in [0.15, 0.2) is 6.20 Å². The third-order valence-corrected chi connectivity index (χ3v) is 3.38. The van der Waals surface area contributed by atoms with Crippen LogP contribution in [0.1, 0.15) is 37.2 Å². The predicted molar refractivity (Wildman–Crippen MR) is 66.6 cm³/mol. The highest BCUT2D eigenvalue weighted by Crippen LogP contribution is 2.24. The summed E-state index contributed by atoms with van der Waals surface area (Å²) in [6.45, 7) is 4.64. The molecule has 104 valence electrons. The Balaban J connectivity index is 2.11. The number of hydrogen-bond acceptors (Lipinski definition) is 4. The minimum Gasteiger partial charge on any atom is -0.480 e. The molecule has 1 unspecified atom stereocenters. The largest absolute Gasteiger partial charge is 0.480 e. The van der Waals surface area contributed by atoms with Gasteiger partial charge >= 0.3 is 5.97 Å². The standard InChI is InChI=1S/C12H18N4O3/c1-8(2)10-4-3-5-16(10)12(19)9-6-15(14-13-9)7-11(17)18/h6,8,10H,3-5,7H2,1-2H3,(H,17,18). The van der Waals surface area contributed by atoms with Crippen molar-refractivity contribution >= 4 is 11.9 Å². The average molecular weight is 266 g/mol. The smallest absolute Gasteiger partial charge is 0.325 e. The first-order valence-corrected chi connectivity index (χ1v) is 6.42. The number of hydrogen-bond donors (Lipinski definition) is 1. The number of carbonyl (C=O) groups is 2. The van der Waals surface area contributed by atoms with Crippen molar-refractivity contribution in [1.82, 2.24) is 19.9 Å². The van der Waals surface area contributed by atoms with E-state index in [0.29, 0.717) is 5.92 Å². The van der Waals surface area contributed by atoms with E-state index in [4.69, 9.17) is 5.11 Å². The molecule has 2 heterocycles. The van der Waals surface area contributed by atoms with Crippen LogP contribution in [0, 0.1) is 5.92 Å². The molecule has 19 heavy (non-hydrogen) atoms. The molecule has 1 fully saturated rings. The van der Waals surface area contributed by atoms with Gasteiger partial charge in [0.25, 0.3) is 5.91 Å². The van der Waals surface area contributed by atoms with E-state index < -0.39 is 5.97 Å². The molecular weight excluding hydrogens is 248 g/mol. The van der Waals surface area contributed by atoms with Gasteiger partial charge in [0.1, 0.15) is 6.54 Å². The van der Waals surface area contributed by atoms with Gasteiger partial charge in [-0.25, -0.2) is 4.68 Å². The van der Waals surface area contributed by atoms with Crippen molar-refractivity contribution in [3.8, 4) is 0 Å². The summed E-state index contributed by atoms with van der Waals surface area (Å²) in [5, 5.41) is 16.1. The van der Waals surface area contributed by atoms with Crippen molar-refractivity contribution in [3.05, 3.63) is 11.9 Å².